The van der Waals surface area contributed by atoms with Crippen LogP contribution in [0.15, 0.2) is 15.0 Å². The van der Waals surface area contributed by atoms with E-state index in [4.69, 9.17) is 15.2 Å². The smallest absolute Gasteiger partial charge is 0.305 e. The van der Waals surface area contributed by atoms with Crippen LogP contribution in [0.3, 0.4) is 0 Å². The molecule has 184 valence electrons. The summed E-state index contributed by atoms with van der Waals surface area (Å²) in [7, 11) is 0. The number of hydrogen-bond donors (Lipinski definition) is 3. The minimum Gasteiger partial charge on any atom is -0.463 e. The molecule has 0 aromatic carbocycles. The predicted octanol–water partition coefficient (Wildman–Crippen LogP) is 1.34. The number of hydrogen-bond acceptors (Lipinski definition) is 10. The Labute approximate surface area is 195 Å². The van der Waals surface area contributed by atoms with E-state index in [1.165, 1.54) is 12.8 Å². The van der Waals surface area contributed by atoms with E-state index in [1.807, 2.05) is 0 Å². The van der Waals surface area contributed by atoms with E-state index in [-0.39, 0.29) is 25.2 Å². The van der Waals surface area contributed by atoms with Crippen molar-refractivity contribution in [1.82, 2.24) is 4.90 Å². The molecule has 4 N–H and O–H groups in total. The van der Waals surface area contributed by atoms with Crippen molar-refractivity contribution < 1.29 is 24.5 Å². The molecule has 10 heteroatoms. The number of esters is 1. The zero-order valence-corrected chi connectivity index (χ0v) is 19.4. The summed E-state index contributed by atoms with van der Waals surface area (Å²) < 4.78 is 11.2. The highest BCUT2D eigenvalue weighted by Crippen LogP contribution is 2.38. The second-order valence-corrected chi connectivity index (χ2v) is 9.52. The molecule has 10 nitrogen and oxygen atoms in total. The van der Waals surface area contributed by atoms with Crippen molar-refractivity contribution in [1.29, 1.82) is 0 Å². The summed E-state index contributed by atoms with van der Waals surface area (Å²) in [5, 5.41) is 21.2. The molecule has 0 amide bonds. The zero-order chi connectivity index (χ0) is 23.4. The molecule has 1 saturated carbocycles. The van der Waals surface area contributed by atoms with E-state index in [0.717, 1.165) is 51.4 Å². The van der Waals surface area contributed by atoms with E-state index < -0.39 is 30.2 Å². The molecule has 2 fully saturated rings. The summed E-state index contributed by atoms with van der Waals surface area (Å²) in [6.07, 6.45) is 7.18. The fourth-order valence-electron chi connectivity index (χ4n) is 5.21. The predicted molar refractivity (Wildman–Crippen MR) is 124 cm³/mol. The van der Waals surface area contributed by atoms with Gasteiger partial charge in [0.15, 0.2) is 17.7 Å². The van der Waals surface area contributed by atoms with Crippen molar-refractivity contribution in [2.45, 2.75) is 101 Å². The lowest BCUT2D eigenvalue weighted by Gasteiger charge is -2.35. The number of carbonyl (C=O) groups excluding carboxylic acids is 1. The number of aliphatic imine (C=N–C) groups is 3. The van der Waals surface area contributed by atoms with Gasteiger partial charge in [0.2, 0.25) is 0 Å². The standard InChI is InChI=1S/C23H37N5O5/c1-2-3-4-5-6-11-17(29)32-12-16-18(30)19(31)22(33-16)28-14-26-20-21(28)25-13-27-23(20,24)15-9-7-8-10-15/h13,15-16,18-19,22,30-31H,2-12,14,24H2,1H3/t16-,18-,19-,22-,23?/m1/s1. The van der Waals surface area contributed by atoms with Gasteiger partial charge in [-0.15, -0.1) is 0 Å². The van der Waals surface area contributed by atoms with Gasteiger partial charge in [0.1, 0.15) is 43.6 Å². The van der Waals surface area contributed by atoms with E-state index in [0.29, 0.717) is 18.0 Å². The van der Waals surface area contributed by atoms with Gasteiger partial charge in [-0.25, -0.2) is 9.98 Å². The number of fused-ring (bicyclic) bond motifs is 1. The third-order valence-electron chi connectivity index (χ3n) is 7.21. The van der Waals surface area contributed by atoms with Crippen LogP contribution in [0.2, 0.25) is 0 Å². The molecule has 3 aliphatic heterocycles. The second-order valence-electron chi connectivity index (χ2n) is 9.52. The van der Waals surface area contributed by atoms with Gasteiger partial charge in [-0.3, -0.25) is 9.79 Å². The van der Waals surface area contributed by atoms with Crippen molar-refractivity contribution in [2.75, 3.05) is 13.3 Å². The summed E-state index contributed by atoms with van der Waals surface area (Å²) in [6.45, 7) is 2.25. The van der Waals surface area contributed by atoms with E-state index in [1.54, 1.807) is 4.90 Å². The van der Waals surface area contributed by atoms with E-state index in [2.05, 4.69) is 21.9 Å². The molecule has 1 unspecified atom stereocenters. The molecular weight excluding hydrogens is 426 g/mol. The van der Waals surface area contributed by atoms with Crippen LogP contribution < -0.4 is 5.73 Å². The van der Waals surface area contributed by atoms with Crippen LogP contribution in [0.5, 0.6) is 0 Å². The highest BCUT2D eigenvalue weighted by Gasteiger charge is 2.52. The third kappa shape index (κ3) is 4.99. The molecule has 0 bridgehead atoms. The molecular formula is C23H37N5O5. The number of nitrogens with zero attached hydrogens (tertiary/aromatic N) is 4. The number of rotatable bonds is 10. The van der Waals surface area contributed by atoms with Gasteiger partial charge in [0, 0.05) is 12.3 Å². The largest absolute Gasteiger partial charge is 0.463 e. The van der Waals surface area contributed by atoms with Crippen LogP contribution in [0, 0.1) is 5.92 Å². The van der Waals surface area contributed by atoms with Gasteiger partial charge in [0.25, 0.3) is 0 Å². The minimum absolute atomic E-state index is 0.110. The van der Waals surface area contributed by atoms with E-state index >= 15 is 0 Å². The lowest BCUT2D eigenvalue weighted by Crippen LogP contribution is -2.58. The maximum absolute atomic E-state index is 12.0. The van der Waals surface area contributed by atoms with E-state index in [9.17, 15) is 15.0 Å². The first-order valence-corrected chi connectivity index (χ1v) is 12.3. The summed E-state index contributed by atoms with van der Waals surface area (Å²) in [4.78, 5) is 27.2. The van der Waals surface area contributed by atoms with Crippen LogP contribution in [-0.2, 0) is 14.3 Å². The molecule has 0 spiro atoms. The number of carbonyl (C=O) groups is 1. The molecule has 1 saturated heterocycles. The van der Waals surface area contributed by atoms with Crippen LogP contribution in [0.4, 0.5) is 0 Å². The van der Waals surface area contributed by atoms with Crippen molar-refractivity contribution >= 4 is 23.9 Å². The second kappa shape index (κ2) is 10.6. The Bertz CT molecular complexity index is 796. The van der Waals surface area contributed by atoms with Gasteiger partial charge in [0.05, 0.1) is 0 Å². The zero-order valence-electron chi connectivity index (χ0n) is 19.4. The molecule has 0 aromatic heterocycles. The SMILES string of the molecule is CCCCCCCC(=O)OC[C@H]1O[C@@H](N2CN=C3C2=NC=NC3(N)C2CCCC2)[C@H](O)[C@@H]1O. The summed E-state index contributed by atoms with van der Waals surface area (Å²) in [6, 6.07) is 0. The molecule has 5 atom stereocenters. The minimum atomic E-state index is -1.20. The summed E-state index contributed by atoms with van der Waals surface area (Å²) in [5.41, 5.74) is 6.39. The Kier molecular flexibility index (Phi) is 7.78. The van der Waals surface area contributed by atoms with Gasteiger partial charge in [-0.2, -0.15) is 0 Å². The lowest BCUT2D eigenvalue weighted by molar-refractivity contribution is -0.150. The highest BCUT2D eigenvalue weighted by atomic mass is 16.6. The van der Waals surface area contributed by atoms with Crippen LogP contribution in [0.25, 0.3) is 0 Å². The summed E-state index contributed by atoms with van der Waals surface area (Å²) >= 11 is 0. The van der Waals surface area contributed by atoms with Crippen LogP contribution in [-0.4, -0.2) is 82.4 Å². The van der Waals surface area contributed by atoms with Crippen molar-refractivity contribution in [3.63, 3.8) is 0 Å². The number of unbranched alkanes of at least 4 members (excludes halogenated alkanes) is 4. The summed E-state index contributed by atoms with van der Waals surface area (Å²) in [5.74, 6) is 0.414. The number of aliphatic hydroxyl groups excluding tert-OH is 2. The van der Waals surface area contributed by atoms with Crippen LogP contribution >= 0.6 is 0 Å². The highest BCUT2D eigenvalue weighted by molar-refractivity contribution is 6.47. The molecule has 0 aromatic rings. The van der Waals surface area contributed by atoms with Gasteiger partial charge >= 0.3 is 5.97 Å². The Morgan fingerprint density at radius 2 is 2.00 bits per heavy atom. The molecule has 4 rings (SSSR count). The third-order valence-corrected chi connectivity index (χ3v) is 7.21. The van der Waals surface area contributed by atoms with Gasteiger partial charge in [-0.05, 0) is 19.3 Å². The Hall–Kier alpha value is -1.88. The van der Waals surface area contributed by atoms with Crippen molar-refractivity contribution in [3.8, 4) is 0 Å². The maximum atomic E-state index is 12.0. The average molecular weight is 464 g/mol. The van der Waals surface area contributed by atoms with Crippen LogP contribution in [0.1, 0.15) is 71.1 Å². The van der Waals surface area contributed by atoms with Gasteiger partial charge in [-0.1, -0.05) is 45.4 Å². The normalized spacial score (nSPS) is 33.9. The number of amidine groups is 1. The van der Waals surface area contributed by atoms with Crippen molar-refractivity contribution in [2.24, 2.45) is 26.6 Å². The first-order chi connectivity index (χ1) is 16.0. The van der Waals surface area contributed by atoms with Gasteiger partial charge < -0.3 is 30.3 Å². The first-order valence-electron chi connectivity index (χ1n) is 12.3. The topological polar surface area (TPSA) is 142 Å². The Morgan fingerprint density at radius 1 is 1.24 bits per heavy atom. The molecule has 33 heavy (non-hydrogen) atoms. The average Bonchev–Trinajstić information content (AvgIpc) is 3.54. The number of aliphatic hydroxyl groups is 2. The molecule has 0 radical (unpaired) electrons. The number of ether oxygens (including phenoxy) is 2. The lowest BCUT2D eigenvalue weighted by atomic mass is 9.86. The monoisotopic (exact) mass is 463 g/mol. The quantitative estimate of drug-likeness (QED) is 0.328. The van der Waals surface area contributed by atoms with Crippen molar-refractivity contribution in [3.05, 3.63) is 0 Å². The fraction of sp³-hybridized carbons (Fsp3) is 0.826. The fourth-order valence-corrected chi connectivity index (χ4v) is 5.21. The first kappa shape index (κ1) is 24.3. The molecule has 3 heterocycles. The Morgan fingerprint density at radius 3 is 2.76 bits per heavy atom. The molecule has 4 aliphatic rings. The maximum Gasteiger partial charge on any atom is 0.305 e. The Balaban J connectivity index is 1.32. The number of nitrogens with two attached hydrogens (primary N) is 1. The molecule has 1 aliphatic carbocycles.